The second-order valence-corrected chi connectivity index (χ2v) is 5.32. The van der Waals surface area contributed by atoms with Crippen molar-refractivity contribution in [2.75, 3.05) is 0 Å². The van der Waals surface area contributed by atoms with Gasteiger partial charge in [-0.15, -0.1) is 0 Å². The Balaban J connectivity index is 1.75. The molecule has 1 aromatic heterocycles. The average Bonchev–Trinajstić information content (AvgIpc) is 3.01. The van der Waals surface area contributed by atoms with Gasteiger partial charge in [0.2, 0.25) is 0 Å². The zero-order valence-corrected chi connectivity index (χ0v) is 13.4. The van der Waals surface area contributed by atoms with E-state index in [2.05, 4.69) is 10.1 Å². The Labute approximate surface area is 142 Å². The summed E-state index contributed by atoms with van der Waals surface area (Å²) in [5, 5.41) is 14.5. The third-order valence-corrected chi connectivity index (χ3v) is 3.47. The van der Waals surface area contributed by atoms with Crippen molar-refractivity contribution >= 4 is 11.7 Å². The number of rotatable bonds is 4. The van der Waals surface area contributed by atoms with Crippen molar-refractivity contribution in [3.8, 4) is 17.2 Å². The number of nitro groups is 1. The molecule has 1 heterocycles. The summed E-state index contributed by atoms with van der Waals surface area (Å²) in [4.78, 5) is 26.6. The molecular weight excluding hydrogens is 326 g/mol. The van der Waals surface area contributed by atoms with Gasteiger partial charge in [-0.05, 0) is 50.2 Å². The fraction of sp³-hybridized carbons (Fsp3) is 0.118. The Morgan fingerprint density at radius 1 is 1.16 bits per heavy atom. The van der Waals surface area contributed by atoms with Gasteiger partial charge in [0.05, 0.1) is 10.5 Å². The lowest BCUT2D eigenvalue weighted by Crippen LogP contribution is -2.08. The zero-order chi connectivity index (χ0) is 18.0. The number of aromatic nitrogens is 2. The standard InChI is InChI=1S/C17H13N3O5/c1-10-9-14(7-8-15(10)20(22)23)24-17(21)13-5-3-12(4-6-13)16-18-11(2)19-25-16/h3-9H,1-2H3. The molecule has 0 N–H and O–H groups in total. The van der Waals surface area contributed by atoms with Gasteiger partial charge in [0.15, 0.2) is 5.82 Å². The first-order valence-corrected chi connectivity index (χ1v) is 7.32. The molecule has 0 amide bonds. The highest BCUT2D eigenvalue weighted by Gasteiger charge is 2.14. The Morgan fingerprint density at radius 2 is 1.88 bits per heavy atom. The lowest BCUT2D eigenvalue weighted by atomic mass is 10.1. The van der Waals surface area contributed by atoms with Crippen LogP contribution in [0.3, 0.4) is 0 Å². The molecular formula is C17H13N3O5. The monoisotopic (exact) mass is 339 g/mol. The predicted octanol–water partition coefficient (Wildman–Crippen LogP) is 3.48. The number of benzene rings is 2. The largest absolute Gasteiger partial charge is 0.423 e. The topological polar surface area (TPSA) is 108 Å². The van der Waals surface area contributed by atoms with Crippen molar-refractivity contribution in [2.24, 2.45) is 0 Å². The van der Waals surface area contributed by atoms with Gasteiger partial charge < -0.3 is 9.26 Å². The van der Waals surface area contributed by atoms with Gasteiger partial charge >= 0.3 is 5.97 Å². The van der Waals surface area contributed by atoms with Crippen molar-refractivity contribution in [3.63, 3.8) is 0 Å². The zero-order valence-electron chi connectivity index (χ0n) is 13.4. The summed E-state index contributed by atoms with van der Waals surface area (Å²) in [7, 11) is 0. The summed E-state index contributed by atoms with van der Waals surface area (Å²) >= 11 is 0. The fourth-order valence-electron chi connectivity index (χ4n) is 2.23. The minimum absolute atomic E-state index is 0.0287. The number of esters is 1. The van der Waals surface area contributed by atoms with Gasteiger partial charge in [0.1, 0.15) is 5.75 Å². The van der Waals surface area contributed by atoms with E-state index in [1.807, 2.05) is 0 Å². The van der Waals surface area contributed by atoms with Gasteiger partial charge in [0, 0.05) is 17.2 Å². The summed E-state index contributed by atoms with van der Waals surface area (Å²) in [6.45, 7) is 3.29. The number of aryl methyl sites for hydroxylation is 2. The van der Waals surface area contributed by atoms with Gasteiger partial charge in [0.25, 0.3) is 11.6 Å². The van der Waals surface area contributed by atoms with Crippen molar-refractivity contribution < 1.29 is 19.0 Å². The van der Waals surface area contributed by atoms with Crippen LogP contribution in [0, 0.1) is 24.0 Å². The first-order chi connectivity index (χ1) is 11.9. The molecule has 2 aromatic carbocycles. The van der Waals surface area contributed by atoms with Crippen LogP contribution < -0.4 is 4.74 Å². The summed E-state index contributed by atoms with van der Waals surface area (Å²) in [6, 6.07) is 10.6. The molecule has 0 radical (unpaired) electrons. The molecule has 0 aliphatic rings. The highest BCUT2D eigenvalue weighted by atomic mass is 16.6. The van der Waals surface area contributed by atoms with Crippen LogP contribution in [0.5, 0.6) is 5.75 Å². The number of nitro benzene ring substituents is 1. The van der Waals surface area contributed by atoms with Crippen LogP contribution in [0.1, 0.15) is 21.7 Å². The lowest BCUT2D eigenvalue weighted by Gasteiger charge is -2.06. The smallest absolute Gasteiger partial charge is 0.343 e. The minimum Gasteiger partial charge on any atom is -0.423 e. The summed E-state index contributed by atoms with van der Waals surface area (Å²) < 4.78 is 10.3. The van der Waals surface area contributed by atoms with E-state index < -0.39 is 10.9 Å². The molecule has 8 heteroatoms. The third kappa shape index (κ3) is 3.52. The average molecular weight is 339 g/mol. The molecule has 3 rings (SSSR count). The maximum absolute atomic E-state index is 12.2. The van der Waals surface area contributed by atoms with Gasteiger partial charge in [-0.1, -0.05) is 5.16 Å². The van der Waals surface area contributed by atoms with E-state index in [0.717, 1.165) is 0 Å². The molecule has 8 nitrogen and oxygen atoms in total. The van der Waals surface area contributed by atoms with Crippen LogP contribution in [0.4, 0.5) is 5.69 Å². The molecule has 0 saturated heterocycles. The highest BCUT2D eigenvalue weighted by molar-refractivity contribution is 5.91. The van der Waals surface area contributed by atoms with Crippen LogP contribution >= 0.6 is 0 Å². The van der Waals surface area contributed by atoms with Crippen molar-refractivity contribution in [1.29, 1.82) is 0 Å². The Morgan fingerprint density at radius 3 is 2.44 bits per heavy atom. The lowest BCUT2D eigenvalue weighted by molar-refractivity contribution is -0.385. The van der Waals surface area contributed by atoms with E-state index in [9.17, 15) is 14.9 Å². The molecule has 3 aromatic rings. The van der Waals surface area contributed by atoms with Gasteiger partial charge in [-0.25, -0.2) is 4.79 Å². The Kier molecular flexibility index (Phi) is 4.25. The van der Waals surface area contributed by atoms with Crippen LogP contribution in [-0.2, 0) is 0 Å². The van der Waals surface area contributed by atoms with Crippen molar-refractivity contribution in [2.45, 2.75) is 13.8 Å². The van der Waals surface area contributed by atoms with E-state index in [1.165, 1.54) is 18.2 Å². The number of nitrogens with zero attached hydrogens (tertiary/aromatic N) is 3. The van der Waals surface area contributed by atoms with Crippen LogP contribution in [-0.4, -0.2) is 21.0 Å². The van der Waals surface area contributed by atoms with E-state index in [0.29, 0.717) is 28.4 Å². The molecule has 0 atom stereocenters. The second-order valence-electron chi connectivity index (χ2n) is 5.32. The summed E-state index contributed by atoms with van der Waals surface area (Å²) in [6.07, 6.45) is 0. The maximum Gasteiger partial charge on any atom is 0.343 e. The van der Waals surface area contributed by atoms with E-state index in [1.54, 1.807) is 38.1 Å². The van der Waals surface area contributed by atoms with Crippen LogP contribution in [0.25, 0.3) is 11.5 Å². The van der Waals surface area contributed by atoms with Crippen molar-refractivity contribution in [3.05, 3.63) is 69.5 Å². The number of hydrogen-bond acceptors (Lipinski definition) is 7. The fourth-order valence-corrected chi connectivity index (χ4v) is 2.23. The molecule has 0 saturated carbocycles. The van der Waals surface area contributed by atoms with E-state index >= 15 is 0 Å². The number of ether oxygens (including phenoxy) is 1. The molecule has 0 spiro atoms. The molecule has 0 aliphatic heterocycles. The van der Waals surface area contributed by atoms with Crippen LogP contribution in [0.15, 0.2) is 47.0 Å². The first kappa shape index (κ1) is 16.3. The van der Waals surface area contributed by atoms with Crippen LogP contribution in [0.2, 0.25) is 0 Å². The molecule has 126 valence electrons. The molecule has 0 bridgehead atoms. The number of carbonyl (C=O) groups excluding carboxylic acids is 1. The molecule has 0 fully saturated rings. The molecule has 25 heavy (non-hydrogen) atoms. The minimum atomic E-state index is -0.568. The normalized spacial score (nSPS) is 10.5. The Bertz CT molecular complexity index is 947. The molecule has 0 aliphatic carbocycles. The summed E-state index contributed by atoms with van der Waals surface area (Å²) in [5.74, 6) is 0.557. The maximum atomic E-state index is 12.2. The number of hydrogen-bond donors (Lipinski definition) is 0. The quantitative estimate of drug-likeness (QED) is 0.310. The highest BCUT2D eigenvalue weighted by Crippen LogP contribution is 2.24. The second kappa shape index (κ2) is 6.52. The third-order valence-electron chi connectivity index (χ3n) is 3.47. The summed E-state index contributed by atoms with van der Waals surface area (Å²) in [5.41, 5.74) is 1.40. The predicted molar refractivity (Wildman–Crippen MR) is 87.3 cm³/mol. The SMILES string of the molecule is Cc1noc(-c2ccc(C(=O)Oc3ccc([N+](=O)[O-])c(C)c3)cc2)n1. The molecule has 0 unspecified atom stereocenters. The number of carbonyl (C=O) groups is 1. The van der Waals surface area contributed by atoms with E-state index in [4.69, 9.17) is 9.26 Å². The first-order valence-electron chi connectivity index (χ1n) is 7.32. The van der Waals surface area contributed by atoms with E-state index in [-0.39, 0.29) is 11.4 Å². The van der Waals surface area contributed by atoms with Crippen molar-refractivity contribution in [1.82, 2.24) is 10.1 Å². The van der Waals surface area contributed by atoms with Gasteiger partial charge in [-0.3, -0.25) is 10.1 Å². The Hall–Kier alpha value is -3.55. The van der Waals surface area contributed by atoms with Gasteiger partial charge in [-0.2, -0.15) is 4.98 Å².